The Morgan fingerprint density at radius 1 is 1.86 bits per heavy atom. The second-order valence-electron chi connectivity index (χ2n) is 0.858. The molecule has 3 heteroatoms. The third-order valence-corrected chi connectivity index (χ3v) is 0.371. The maximum Gasteiger partial charge on any atom is 0.0187 e. The second kappa shape index (κ2) is 5.07. The summed E-state index contributed by atoms with van der Waals surface area (Å²) in [6, 6.07) is 0. The molecule has 0 spiro atoms. The third kappa shape index (κ3) is 5.07. The van der Waals surface area contributed by atoms with E-state index < -0.39 is 0 Å². The molecule has 34 valence electrons. The molecule has 0 fully saturated rings. The van der Waals surface area contributed by atoms with Gasteiger partial charge in [0.15, 0.2) is 0 Å². The Bertz CT molecular complexity index is 93.8. The quantitative estimate of drug-likeness (QED) is 0.277. The highest BCUT2D eigenvalue weighted by atomic mass is 14.7. The highest BCUT2D eigenvalue weighted by Gasteiger charge is 1.57. The molecule has 0 unspecified atom stereocenters. The van der Waals surface area contributed by atoms with Gasteiger partial charge in [0, 0.05) is 6.54 Å². The lowest BCUT2D eigenvalue weighted by atomic mass is 10.00. The van der Waals surface area contributed by atoms with Crippen molar-refractivity contribution in [1.29, 1.82) is 5.26 Å². The minimum Gasteiger partial charge on any atom is -0.528 e. The summed E-state index contributed by atoms with van der Waals surface area (Å²) in [5, 5.41) is 10.4. The normalized spacial score (nSPS) is 6.57. The lowest BCUT2D eigenvalue weighted by Gasteiger charge is -2.00. The van der Waals surface area contributed by atoms with Gasteiger partial charge in [-0.25, -0.2) is 5.97 Å². The van der Waals surface area contributed by atoms with Crippen molar-refractivity contribution < 1.29 is 0 Å². The van der Waals surface area contributed by atoms with Crippen LogP contribution >= 0.6 is 0 Å². The molecule has 0 saturated heterocycles. The topological polar surface area (TPSA) is 35.8 Å². The summed E-state index contributed by atoms with van der Waals surface area (Å²) in [6.45, 7) is 0.424. The van der Waals surface area contributed by atoms with Crippen molar-refractivity contribution >= 4 is 7.41 Å². The molecule has 0 aromatic rings. The first-order valence-corrected chi connectivity index (χ1v) is 1.80. The number of nitrogens with zero attached hydrogens (tertiary/aromatic N) is 1. The van der Waals surface area contributed by atoms with Crippen LogP contribution in [0.2, 0.25) is 0 Å². The van der Waals surface area contributed by atoms with Crippen molar-refractivity contribution in [1.82, 2.24) is 5.23 Å². The monoisotopic (exact) mass is 91.0 g/mol. The average molecular weight is 90.9 g/mol. The molecule has 0 heterocycles. The zero-order chi connectivity index (χ0) is 5.54. The molecule has 0 aliphatic carbocycles. The maximum atomic E-state index is 7.86. The molecular weight excluding hydrogens is 86.9 g/mol. The maximum absolute atomic E-state index is 7.86. The van der Waals surface area contributed by atoms with Gasteiger partial charge in [-0.05, 0) is 0 Å². The second-order valence-corrected chi connectivity index (χ2v) is 0.858. The molecule has 7 heavy (non-hydrogen) atoms. The molecule has 0 aliphatic rings. The van der Waals surface area contributed by atoms with Crippen LogP contribution in [0.3, 0.4) is 0 Å². The van der Waals surface area contributed by atoms with Crippen molar-refractivity contribution in [3.8, 4) is 18.3 Å². The number of hydrogen-bond donors (Lipinski definition) is 1. The molecule has 2 nitrogen and oxygen atoms in total. The van der Waals surface area contributed by atoms with Crippen molar-refractivity contribution in [3.05, 3.63) is 0 Å². The number of terminal acetylenes is 1. The fourth-order valence-corrected chi connectivity index (χ4v) is 0.156. The van der Waals surface area contributed by atoms with Crippen LogP contribution in [-0.2, 0) is 0 Å². The average Bonchev–Trinajstić information content (AvgIpc) is 1.69. The molecule has 0 amide bonds. The van der Waals surface area contributed by atoms with Gasteiger partial charge in [-0.2, -0.15) is 0 Å². The van der Waals surface area contributed by atoms with Gasteiger partial charge >= 0.3 is 0 Å². The van der Waals surface area contributed by atoms with E-state index >= 15 is 0 Å². The van der Waals surface area contributed by atoms with Gasteiger partial charge in [0.1, 0.15) is 0 Å². The van der Waals surface area contributed by atoms with Gasteiger partial charge in [-0.15, -0.1) is 13.8 Å². The predicted octanol–water partition coefficient (Wildman–Crippen LogP) is -0.691. The van der Waals surface area contributed by atoms with E-state index in [4.69, 9.17) is 11.7 Å². The van der Waals surface area contributed by atoms with E-state index in [1.807, 2.05) is 0 Å². The smallest absolute Gasteiger partial charge is 0.0187 e. The van der Waals surface area contributed by atoms with E-state index in [9.17, 15) is 0 Å². The van der Waals surface area contributed by atoms with E-state index in [1.54, 1.807) is 5.97 Å². The molecule has 1 N–H and O–H groups in total. The van der Waals surface area contributed by atoms with Crippen LogP contribution in [0.1, 0.15) is 0 Å². The molecule has 0 atom stereocenters. The first kappa shape index (κ1) is 6.07. The van der Waals surface area contributed by atoms with Crippen LogP contribution in [-0.4, -0.2) is 14.0 Å². The minimum absolute atomic E-state index is 0.424. The largest absolute Gasteiger partial charge is 0.528 e. The van der Waals surface area contributed by atoms with Crippen LogP contribution in [0.15, 0.2) is 0 Å². The Labute approximate surface area is 43.8 Å². The van der Waals surface area contributed by atoms with Gasteiger partial charge in [-0.3, -0.25) is 5.26 Å². The van der Waals surface area contributed by atoms with Gasteiger partial charge in [0.05, 0.1) is 0 Å². The Morgan fingerprint density at radius 3 is 3.00 bits per heavy atom. The number of nitrogens with one attached hydrogen (secondary N) is 1. The molecule has 0 aromatic carbocycles. The lowest BCUT2D eigenvalue weighted by molar-refractivity contribution is 1.13. The van der Waals surface area contributed by atoms with E-state index in [0.29, 0.717) is 6.54 Å². The van der Waals surface area contributed by atoms with Gasteiger partial charge in [-0.1, -0.05) is 5.92 Å². The summed E-state index contributed by atoms with van der Waals surface area (Å²) < 4.78 is 0. The SMILES string of the molecule is C#CCN[B-]C#N. The van der Waals surface area contributed by atoms with Crippen LogP contribution in [0.5, 0.6) is 0 Å². The van der Waals surface area contributed by atoms with Crippen LogP contribution in [0.4, 0.5) is 0 Å². The van der Waals surface area contributed by atoms with Crippen molar-refractivity contribution in [3.63, 3.8) is 0 Å². The van der Waals surface area contributed by atoms with Crippen LogP contribution in [0, 0.1) is 23.6 Å². The molecule has 0 aromatic heterocycles. The van der Waals surface area contributed by atoms with Crippen LogP contribution < -0.4 is 5.23 Å². The van der Waals surface area contributed by atoms with Gasteiger partial charge in [0.25, 0.3) is 0 Å². The summed E-state index contributed by atoms with van der Waals surface area (Å²) in [6.07, 6.45) is 4.83. The van der Waals surface area contributed by atoms with E-state index in [2.05, 4.69) is 11.1 Å². The molecule has 2 radical (unpaired) electrons. The lowest BCUT2D eigenvalue weighted by Crippen LogP contribution is -2.17. The number of hydrogen-bond acceptors (Lipinski definition) is 2. The number of nitriles is 1. The van der Waals surface area contributed by atoms with Crippen molar-refractivity contribution in [2.75, 3.05) is 6.54 Å². The van der Waals surface area contributed by atoms with E-state index in [0.717, 1.165) is 0 Å². The van der Waals surface area contributed by atoms with E-state index in [-0.39, 0.29) is 0 Å². The summed E-state index contributed by atoms with van der Waals surface area (Å²) >= 11 is 0. The first-order chi connectivity index (χ1) is 3.41. The van der Waals surface area contributed by atoms with Gasteiger partial charge in [0.2, 0.25) is 0 Å². The highest BCUT2D eigenvalue weighted by Crippen LogP contribution is 1.46. The van der Waals surface area contributed by atoms with Crippen molar-refractivity contribution in [2.24, 2.45) is 0 Å². The highest BCUT2D eigenvalue weighted by molar-refractivity contribution is 6.42. The summed E-state index contributed by atoms with van der Waals surface area (Å²) in [5.74, 6) is 4.08. The molecule has 0 saturated carbocycles. The fourth-order valence-electron chi connectivity index (χ4n) is 0.156. The molecule has 0 aliphatic heterocycles. The minimum atomic E-state index is 0.424. The Kier molecular flexibility index (Phi) is 4.40. The summed E-state index contributed by atoms with van der Waals surface area (Å²) in [4.78, 5) is 0. The Morgan fingerprint density at radius 2 is 2.57 bits per heavy atom. The summed E-state index contributed by atoms with van der Waals surface area (Å²) in [5.41, 5.74) is 0. The van der Waals surface area contributed by atoms with Crippen molar-refractivity contribution in [2.45, 2.75) is 0 Å². The van der Waals surface area contributed by atoms with Crippen LogP contribution in [0.25, 0.3) is 0 Å². The Hall–Kier alpha value is -0.925. The molecular formula is C4H4BN2-. The third-order valence-electron chi connectivity index (χ3n) is 0.371. The fraction of sp³-hybridized carbons (Fsp3) is 0.250. The molecule has 0 bridgehead atoms. The summed E-state index contributed by atoms with van der Waals surface area (Å²) in [7, 11) is 1.25. The first-order valence-electron chi connectivity index (χ1n) is 1.80. The van der Waals surface area contributed by atoms with Gasteiger partial charge < -0.3 is 5.23 Å². The Balaban J connectivity index is 2.77. The number of rotatable bonds is 2. The van der Waals surface area contributed by atoms with E-state index in [1.165, 1.54) is 7.41 Å². The standard InChI is InChI=1S/C4H4BN2/c1-2-3-7-5-4-6/h1,7H,3H2/q-1. The zero-order valence-electron chi connectivity index (χ0n) is 3.81. The predicted molar refractivity (Wildman–Crippen MR) is 28.2 cm³/mol. The zero-order valence-corrected chi connectivity index (χ0v) is 3.81. The molecule has 0 rings (SSSR count).